The van der Waals surface area contributed by atoms with Gasteiger partial charge in [0.25, 0.3) is 0 Å². The molecular formula is C12H16ClNO. The predicted molar refractivity (Wildman–Crippen MR) is 64.2 cm³/mol. The number of amides is 1. The van der Waals surface area contributed by atoms with Crippen LogP contribution in [-0.4, -0.2) is 5.91 Å². The first kappa shape index (κ1) is 12.1. The van der Waals surface area contributed by atoms with E-state index in [1.807, 2.05) is 19.1 Å². The highest BCUT2D eigenvalue weighted by atomic mass is 35.5. The molecule has 2 nitrogen and oxygen atoms in total. The van der Waals surface area contributed by atoms with Gasteiger partial charge in [-0.3, -0.25) is 4.79 Å². The SMILES string of the molecule is CCCC(C)C(=O)Nc1cccc(Cl)c1. The minimum Gasteiger partial charge on any atom is -0.326 e. The summed E-state index contributed by atoms with van der Waals surface area (Å²) in [5.41, 5.74) is 0.760. The lowest BCUT2D eigenvalue weighted by molar-refractivity contribution is -0.119. The second kappa shape index (κ2) is 5.76. The molecule has 0 spiro atoms. The zero-order valence-corrected chi connectivity index (χ0v) is 9.84. The average molecular weight is 226 g/mol. The van der Waals surface area contributed by atoms with Gasteiger partial charge >= 0.3 is 0 Å². The largest absolute Gasteiger partial charge is 0.326 e. The molecule has 1 atom stereocenters. The van der Waals surface area contributed by atoms with E-state index in [0.717, 1.165) is 18.5 Å². The predicted octanol–water partition coefficient (Wildman–Crippen LogP) is 3.71. The van der Waals surface area contributed by atoms with Gasteiger partial charge in [-0.05, 0) is 24.6 Å². The molecule has 82 valence electrons. The third-order valence-electron chi connectivity index (χ3n) is 2.26. The van der Waals surface area contributed by atoms with Crippen LogP contribution in [0.25, 0.3) is 0 Å². The van der Waals surface area contributed by atoms with Gasteiger partial charge in [-0.1, -0.05) is 37.9 Å². The normalized spacial score (nSPS) is 12.2. The number of carbonyl (C=O) groups is 1. The summed E-state index contributed by atoms with van der Waals surface area (Å²) < 4.78 is 0. The van der Waals surface area contributed by atoms with E-state index in [1.165, 1.54) is 0 Å². The number of carbonyl (C=O) groups excluding carboxylic acids is 1. The first-order valence-electron chi connectivity index (χ1n) is 5.20. The van der Waals surface area contributed by atoms with E-state index in [0.29, 0.717) is 5.02 Å². The summed E-state index contributed by atoms with van der Waals surface area (Å²) in [5, 5.41) is 3.48. The van der Waals surface area contributed by atoms with Crippen molar-refractivity contribution in [2.24, 2.45) is 5.92 Å². The molecule has 0 heterocycles. The van der Waals surface area contributed by atoms with Crippen LogP contribution in [0.4, 0.5) is 5.69 Å². The third-order valence-corrected chi connectivity index (χ3v) is 2.50. The van der Waals surface area contributed by atoms with Crippen molar-refractivity contribution in [1.82, 2.24) is 0 Å². The van der Waals surface area contributed by atoms with E-state index in [1.54, 1.807) is 12.1 Å². The van der Waals surface area contributed by atoms with Gasteiger partial charge in [0, 0.05) is 16.6 Å². The Morgan fingerprint density at radius 2 is 2.27 bits per heavy atom. The van der Waals surface area contributed by atoms with Gasteiger partial charge in [-0.15, -0.1) is 0 Å². The molecule has 0 aliphatic carbocycles. The van der Waals surface area contributed by atoms with Crippen molar-refractivity contribution in [1.29, 1.82) is 0 Å². The summed E-state index contributed by atoms with van der Waals surface area (Å²) in [4.78, 5) is 11.7. The first-order valence-corrected chi connectivity index (χ1v) is 5.57. The van der Waals surface area contributed by atoms with Crippen molar-refractivity contribution in [3.8, 4) is 0 Å². The van der Waals surface area contributed by atoms with Gasteiger partial charge in [-0.25, -0.2) is 0 Å². The lowest BCUT2D eigenvalue weighted by Crippen LogP contribution is -2.20. The maximum atomic E-state index is 11.7. The molecule has 0 aliphatic rings. The van der Waals surface area contributed by atoms with E-state index in [2.05, 4.69) is 12.2 Å². The molecule has 0 bridgehead atoms. The van der Waals surface area contributed by atoms with Crippen LogP contribution in [0, 0.1) is 5.92 Å². The summed E-state index contributed by atoms with van der Waals surface area (Å²) in [6.45, 7) is 4.01. The smallest absolute Gasteiger partial charge is 0.227 e. The summed E-state index contributed by atoms with van der Waals surface area (Å²) in [5.74, 6) is 0.105. The zero-order valence-electron chi connectivity index (χ0n) is 9.09. The van der Waals surface area contributed by atoms with E-state index >= 15 is 0 Å². The minimum atomic E-state index is 0.0500. The number of hydrogen-bond acceptors (Lipinski definition) is 1. The Hall–Kier alpha value is -1.02. The van der Waals surface area contributed by atoms with Gasteiger partial charge in [0.2, 0.25) is 5.91 Å². The zero-order chi connectivity index (χ0) is 11.3. The Morgan fingerprint density at radius 3 is 2.87 bits per heavy atom. The maximum absolute atomic E-state index is 11.7. The first-order chi connectivity index (χ1) is 7.13. The van der Waals surface area contributed by atoms with Crippen molar-refractivity contribution < 1.29 is 4.79 Å². The highest BCUT2D eigenvalue weighted by molar-refractivity contribution is 6.30. The van der Waals surface area contributed by atoms with Crippen molar-refractivity contribution in [3.63, 3.8) is 0 Å². The number of benzene rings is 1. The molecule has 0 aliphatic heterocycles. The van der Waals surface area contributed by atoms with Gasteiger partial charge in [0.15, 0.2) is 0 Å². The van der Waals surface area contributed by atoms with Crippen LogP contribution < -0.4 is 5.32 Å². The number of hydrogen-bond donors (Lipinski definition) is 1. The fraction of sp³-hybridized carbons (Fsp3) is 0.417. The molecule has 1 unspecified atom stereocenters. The second-order valence-electron chi connectivity index (χ2n) is 3.69. The van der Waals surface area contributed by atoms with Crippen molar-refractivity contribution in [2.75, 3.05) is 5.32 Å². The molecule has 1 aromatic rings. The van der Waals surface area contributed by atoms with Gasteiger partial charge in [-0.2, -0.15) is 0 Å². The third kappa shape index (κ3) is 3.92. The molecule has 1 amide bonds. The topological polar surface area (TPSA) is 29.1 Å². The standard InChI is InChI=1S/C12H16ClNO/c1-3-5-9(2)12(15)14-11-7-4-6-10(13)8-11/h4,6-9H,3,5H2,1-2H3,(H,14,15). The fourth-order valence-corrected chi connectivity index (χ4v) is 1.59. The summed E-state index contributed by atoms with van der Waals surface area (Å²) in [6, 6.07) is 7.19. The van der Waals surface area contributed by atoms with Crippen LogP contribution in [0.3, 0.4) is 0 Å². The molecule has 0 saturated carbocycles. The Balaban J connectivity index is 2.58. The Kier molecular flexibility index (Phi) is 4.63. The molecular weight excluding hydrogens is 210 g/mol. The van der Waals surface area contributed by atoms with E-state index in [4.69, 9.17) is 11.6 Å². The maximum Gasteiger partial charge on any atom is 0.227 e. The van der Waals surface area contributed by atoms with Crippen LogP contribution in [0.1, 0.15) is 26.7 Å². The fourth-order valence-electron chi connectivity index (χ4n) is 1.40. The van der Waals surface area contributed by atoms with Gasteiger partial charge in [0.1, 0.15) is 0 Å². The number of anilines is 1. The molecule has 0 fully saturated rings. The summed E-state index contributed by atoms with van der Waals surface area (Å²) >= 11 is 5.82. The van der Waals surface area contributed by atoms with Crippen molar-refractivity contribution in [3.05, 3.63) is 29.3 Å². The van der Waals surface area contributed by atoms with E-state index in [-0.39, 0.29) is 11.8 Å². The molecule has 15 heavy (non-hydrogen) atoms. The number of halogens is 1. The van der Waals surface area contributed by atoms with E-state index in [9.17, 15) is 4.79 Å². The quantitative estimate of drug-likeness (QED) is 0.832. The van der Waals surface area contributed by atoms with Crippen LogP contribution in [0.2, 0.25) is 5.02 Å². The molecule has 3 heteroatoms. The summed E-state index contributed by atoms with van der Waals surface area (Å²) in [7, 11) is 0. The molecule has 1 rings (SSSR count). The van der Waals surface area contributed by atoms with E-state index < -0.39 is 0 Å². The van der Waals surface area contributed by atoms with Crippen LogP contribution >= 0.6 is 11.6 Å². The molecule has 0 radical (unpaired) electrons. The molecule has 0 saturated heterocycles. The monoisotopic (exact) mass is 225 g/mol. The lowest BCUT2D eigenvalue weighted by atomic mass is 10.1. The second-order valence-corrected chi connectivity index (χ2v) is 4.13. The Morgan fingerprint density at radius 1 is 1.53 bits per heavy atom. The lowest BCUT2D eigenvalue weighted by Gasteiger charge is -2.10. The molecule has 1 N–H and O–H groups in total. The van der Waals surface area contributed by atoms with Crippen molar-refractivity contribution >= 4 is 23.2 Å². The van der Waals surface area contributed by atoms with Gasteiger partial charge in [0.05, 0.1) is 0 Å². The number of nitrogens with one attached hydrogen (secondary N) is 1. The van der Waals surface area contributed by atoms with Crippen LogP contribution in [-0.2, 0) is 4.79 Å². The highest BCUT2D eigenvalue weighted by Crippen LogP contribution is 2.16. The average Bonchev–Trinajstić information content (AvgIpc) is 2.18. The van der Waals surface area contributed by atoms with Crippen LogP contribution in [0.15, 0.2) is 24.3 Å². The molecule has 1 aromatic carbocycles. The highest BCUT2D eigenvalue weighted by Gasteiger charge is 2.11. The minimum absolute atomic E-state index is 0.0500. The Bertz CT molecular complexity index is 338. The van der Waals surface area contributed by atoms with Gasteiger partial charge < -0.3 is 5.32 Å². The number of rotatable bonds is 4. The summed E-state index contributed by atoms with van der Waals surface area (Å²) in [6.07, 6.45) is 1.93. The Labute approximate surface area is 95.6 Å². The van der Waals surface area contributed by atoms with Crippen molar-refractivity contribution in [2.45, 2.75) is 26.7 Å². The van der Waals surface area contributed by atoms with Crippen LogP contribution in [0.5, 0.6) is 0 Å². The molecule has 0 aromatic heterocycles.